The highest BCUT2D eigenvalue weighted by atomic mass is 32.1. The standard InChI is InChI=1S/C26H32N6O6S/c1-15-21(24(33)34)39-26(27-15)30-25-28-22(31-8-10-38-11-9-31)17-6-5-7-32(23(17)29-25)14-16-12-18(35-2)20(37-4)19(13-16)36-3/h12-13H,5-11,14H2,1-4H3,(H,33,34)(H,27,28,29,30). The number of aryl methyl sites for hydroxylation is 1. The maximum absolute atomic E-state index is 11.5. The van der Waals surface area contributed by atoms with Gasteiger partial charge in [0.25, 0.3) is 0 Å². The summed E-state index contributed by atoms with van der Waals surface area (Å²) in [7, 11) is 4.79. The first-order valence-electron chi connectivity index (χ1n) is 12.7. The van der Waals surface area contributed by atoms with Crippen molar-refractivity contribution in [2.75, 3.05) is 69.3 Å². The predicted molar refractivity (Wildman–Crippen MR) is 148 cm³/mol. The number of benzene rings is 1. The second-order valence-electron chi connectivity index (χ2n) is 9.19. The van der Waals surface area contributed by atoms with Crippen molar-refractivity contribution < 1.29 is 28.8 Å². The first-order valence-corrected chi connectivity index (χ1v) is 13.5. The number of hydrogen-bond acceptors (Lipinski definition) is 12. The number of anilines is 4. The number of hydrogen-bond donors (Lipinski definition) is 2. The van der Waals surface area contributed by atoms with Gasteiger partial charge in [-0.1, -0.05) is 11.3 Å². The number of carboxylic acids is 1. The topological polar surface area (TPSA) is 131 Å². The first-order chi connectivity index (χ1) is 18.9. The van der Waals surface area contributed by atoms with E-state index in [-0.39, 0.29) is 4.88 Å². The van der Waals surface area contributed by atoms with Gasteiger partial charge in [-0.15, -0.1) is 0 Å². The molecule has 0 atom stereocenters. The molecule has 39 heavy (non-hydrogen) atoms. The summed E-state index contributed by atoms with van der Waals surface area (Å²) in [5.74, 6) is 2.80. The van der Waals surface area contributed by atoms with Crippen molar-refractivity contribution in [1.29, 1.82) is 0 Å². The molecule has 0 unspecified atom stereocenters. The van der Waals surface area contributed by atoms with Gasteiger partial charge >= 0.3 is 5.97 Å². The van der Waals surface area contributed by atoms with E-state index in [9.17, 15) is 9.90 Å². The van der Waals surface area contributed by atoms with Gasteiger partial charge < -0.3 is 33.9 Å². The van der Waals surface area contributed by atoms with Crippen LogP contribution in [0.25, 0.3) is 0 Å². The lowest BCUT2D eigenvalue weighted by molar-refractivity contribution is 0.0701. The third-order valence-electron chi connectivity index (χ3n) is 6.74. The molecule has 0 amide bonds. The van der Waals surface area contributed by atoms with Gasteiger partial charge in [0.05, 0.1) is 40.2 Å². The fraction of sp³-hybridized carbons (Fsp3) is 0.462. The van der Waals surface area contributed by atoms with Crippen LogP contribution < -0.4 is 29.3 Å². The number of fused-ring (bicyclic) bond motifs is 1. The highest BCUT2D eigenvalue weighted by Gasteiger charge is 2.28. The van der Waals surface area contributed by atoms with E-state index in [0.29, 0.717) is 53.8 Å². The minimum absolute atomic E-state index is 0.188. The van der Waals surface area contributed by atoms with Crippen LogP contribution in [0.3, 0.4) is 0 Å². The summed E-state index contributed by atoms with van der Waals surface area (Å²) in [5.41, 5.74) is 2.52. The fourth-order valence-electron chi connectivity index (χ4n) is 4.94. The first kappa shape index (κ1) is 26.8. The van der Waals surface area contributed by atoms with Gasteiger partial charge in [-0.3, -0.25) is 5.32 Å². The zero-order chi connectivity index (χ0) is 27.5. The summed E-state index contributed by atoms with van der Waals surface area (Å²) in [6.07, 6.45) is 1.81. The van der Waals surface area contributed by atoms with Crippen LogP contribution in [0.15, 0.2) is 12.1 Å². The van der Waals surface area contributed by atoms with E-state index < -0.39 is 5.97 Å². The van der Waals surface area contributed by atoms with E-state index in [4.69, 9.17) is 28.9 Å². The van der Waals surface area contributed by atoms with Gasteiger partial charge in [-0.25, -0.2) is 9.78 Å². The minimum Gasteiger partial charge on any atom is -0.493 e. The van der Waals surface area contributed by atoms with Crippen molar-refractivity contribution in [2.45, 2.75) is 26.3 Å². The average molecular weight is 557 g/mol. The average Bonchev–Trinajstić information content (AvgIpc) is 3.32. The van der Waals surface area contributed by atoms with E-state index in [1.807, 2.05) is 12.1 Å². The SMILES string of the molecule is COc1cc(CN2CCCc3c(N4CCOCC4)nc(Nc4nc(C)c(C(=O)O)s4)nc32)cc(OC)c1OC. The largest absolute Gasteiger partial charge is 0.493 e. The quantitative estimate of drug-likeness (QED) is 0.400. The Morgan fingerprint density at radius 3 is 2.36 bits per heavy atom. The van der Waals surface area contributed by atoms with Crippen molar-refractivity contribution in [3.05, 3.63) is 33.8 Å². The number of ether oxygens (including phenoxy) is 4. The highest BCUT2D eigenvalue weighted by Crippen LogP contribution is 2.40. The molecule has 0 aliphatic carbocycles. The second-order valence-corrected chi connectivity index (χ2v) is 10.2. The third kappa shape index (κ3) is 5.50. The van der Waals surface area contributed by atoms with Crippen molar-refractivity contribution in [1.82, 2.24) is 15.0 Å². The zero-order valence-corrected chi connectivity index (χ0v) is 23.3. The summed E-state index contributed by atoms with van der Waals surface area (Å²) in [6.45, 7) is 5.78. The molecule has 0 radical (unpaired) electrons. The summed E-state index contributed by atoms with van der Waals surface area (Å²) in [4.78, 5) is 30.4. The van der Waals surface area contributed by atoms with Gasteiger partial charge in [0.1, 0.15) is 16.5 Å². The van der Waals surface area contributed by atoms with Crippen molar-refractivity contribution >= 4 is 40.0 Å². The van der Waals surface area contributed by atoms with E-state index in [0.717, 1.165) is 66.6 Å². The number of rotatable bonds is 9. The molecule has 1 aromatic carbocycles. The fourth-order valence-corrected chi connectivity index (χ4v) is 5.73. The molecule has 2 N–H and O–H groups in total. The molecule has 2 aliphatic rings. The molecule has 1 fully saturated rings. The lowest BCUT2D eigenvalue weighted by Crippen LogP contribution is -2.39. The normalized spacial score (nSPS) is 15.1. The van der Waals surface area contributed by atoms with Gasteiger partial charge in [0.2, 0.25) is 11.7 Å². The van der Waals surface area contributed by atoms with Gasteiger partial charge in [0, 0.05) is 31.7 Å². The van der Waals surface area contributed by atoms with Crippen LogP contribution in [0.5, 0.6) is 17.2 Å². The van der Waals surface area contributed by atoms with Crippen LogP contribution in [0, 0.1) is 6.92 Å². The minimum atomic E-state index is -1.00. The molecule has 4 heterocycles. The maximum atomic E-state index is 11.5. The number of methoxy groups -OCH3 is 3. The Labute approximate surface area is 230 Å². The molecule has 208 valence electrons. The molecule has 2 aliphatic heterocycles. The molecule has 5 rings (SSSR count). The monoisotopic (exact) mass is 556 g/mol. The molecule has 3 aromatic rings. The van der Waals surface area contributed by atoms with Crippen molar-refractivity contribution in [3.63, 3.8) is 0 Å². The number of nitrogens with one attached hydrogen (secondary N) is 1. The van der Waals surface area contributed by atoms with Crippen LogP contribution in [0.2, 0.25) is 0 Å². The Bertz CT molecular complexity index is 1330. The molecule has 0 bridgehead atoms. The van der Waals surface area contributed by atoms with Crippen LogP contribution in [0.1, 0.15) is 32.9 Å². The second kappa shape index (κ2) is 11.5. The molecular weight excluding hydrogens is 524 g/mol. The lowest BCUT2D eigenvalue weighted by atomic mass is 10.0. The van der Waals surface area contributed by atoms with Crippen LogP contribution in [-0.2, 0) is 17.7 Å². The van der Waals surface area contributed by atoms with Crippen LogP contribution >= 0.6 is 11.3 Å². The highest BCUT2D eigenvalue weighted by molar-refractivity contribution is 7.17. The number of carboxylic acid groups (broad SMARTS) is 1. The Balaban J connectivity index is 1.54. The van der Waals surface area contributed by atoms with E-state index in [1.54, 1.807) is 28.3 Å². The summed E-state index contributed by atoms with van der Waals surface area (Å²) in [6, 6.07) is 3.90. The Morgan fingerprint density at radius 1 is 1.05 bits per heavy atom. The van der Waals surface area contributed by atoms with E-state index >= 15 is 0 Å². The summed E-state index contributed by atoms with van der Waals surface area (Å²) >= 11 is 1.07. The number of thiazole rings is 1. The van der Waals surface area contributed by atoms with Gasteiger partial charge in [-0.2, -0.15) is 9.97 Å². The Hall–Kier alpha value is -3.84. The van der Waals surface area contributed by atoms with Crippen LogP contribution in [0.4, 0.5) is 22.7 Å². The molecule has 2 aromatic heterocycles. The summed E-state index contributed by atoms with van der Waals surface area (Å²) in [5, 5.41) is 13.1. The molecule has 13 heteroatoms. The lowest BCUT2D eigenvalue weighted by Gasteiger charge is -2.35. The molecule has 0 spiro atoms. The summed E-state index contributed by atoms with van der Waals surface area (Å²) < 4.78 is 22.2. The van der Waals surface area contributed by atoms with Gasteiger partial charge in [-0.05, 0) is 37.5 Å². The predicted octanol–water partition coefficient (Wildman–Crippen LogP) is 3.50. The van der Waals surface area contributed by atoms with Crippen LogP contribution in [-0.4, -0.2) is 80.2 Å². The maximum Gasteiger partial charge on any atom is 0.347 e. The number of aromatic nitrogens is 3. The number of carbonyl (C=O) groups is 1. The molecular formula is C26H32N6O6S. The third-order valence-corrected chi connectivity index (χ3v) is 7.80. The number of morpholine rings is 1. The number of aromatic carboxylic acids is 1. The van der Waals surface area contributed by atoms with Crippen molar-refractivity contribution in [2.24, 2.45) is 0 Å². The molecule has 0 saturated carbocycles. The Kier molecular flexibility index (Phi) is 7.89. The van der Waals surface area contributed by atoms with E-state index in [1.165, 1.54) is 0 Å². The Morgan fingerprint density at radius 2 is 1.74 bits per heavy atom. The molecule has 12 nitrogen and oxygen atoms in total. The molecule has 1 saturated heterocycles. The number of nitrogens with zero attached hydrogens (tertiary/aromatic N) is 5. The zero-order valence-electron chi connectivity index (χ0n) is 22.4. The smallest absolute Gasteiger partial charge is 0.347 e. The van der Waals surface area contributed by atoms with E-state index in [2.05, 4.69) is 20.1 Å². The van der Waals surface area contributed by atoms with Crippen molar-refractivity contribution in [3.8, 4) is 17.2 Å². The van der Waals surface area contributed by atoms with Gasteiger partial charge in [0.15, 0.2) is 16.6 Å².